The van der Waals surface area contributed by atoms with Gasteiger partial charge in [-0.15, -0.1) is 0 Å². The number of carbonyl (C=O) groups excluding carboxylic acids is 1. The molecule has 2 rings (SSSR count). The first kappa shape index (κ1) is 12.6. The minimum atomic E-state index is -0.357. The second kappa shape index (κ2) is 5.18. The van der Waals surface area contributed by atoms with Gasteiger partial charge in [0.15, 0.2) is 0 Å². The number of amides is 1. The molecule has 1 heterocycles. The molecule has 1 unspecified atom stereocenters. The topological polar surface area (TPSA) is 67.2 Å². The number of hydrogen-bond acceptors (Lipinski definition) is 3. The Balaban J connectivity index is 2.19. The lowest BCUT2D eigenvalue weighted by Crippen LogP contribution is -2.24. The fourth-order valence-electron chi connectivity index (χ4n) is 1.86. The standard InChI is InChI=1S/C13H17N3O2/c1-3-9(7-17)13(18)15-10-4-5-12-11(6-10)14-8-16(12)2/h4-6,8-9,17H,3,7H2,1-2H3,(H,15,18). The summed E-state index contributed by atoms with van der Waals surface area (Å²) in [5, 5.41) is 11.9. The van der Waals surface area contributed by atoms with Gasteiger partial charge >= 0.3 is 0 Å². The first-order valence-electron chi connectivity index (χ1n) is 5.98. The number of fused-ring (bicyclic) bond motifs is 1. The summed E-state index contributed by atoms with van der Waals surface area (Å²) in [5.41, 5.74) is 2.56. The van der Waals surface area contributed by atoms with Crippen molar-refractivity contribution in [3.8, 4) is 0 Å². The second-order valence-corrected chi connectivity index (χ2v) is 4.34. The van der Waals surface area contributed by atoms with Crippen LogP contribution in [0.5, 0.6) is 0 Å². The van der Waals surface area contributed by atoms with E-state index < -0.39 is 0 Å². The van der Waals surface area contributed by atoms with Gasteiger partial charge in [-0.3, -0.25) is 4.79 Å². The van der Waals surface area contributed by atoms with E-state index in [4.69, 9.17) is 5.11 Å². The minimum absolute atomic E-state index is 0.131. The number of aliphatic hydroxyl groups is 1. The van der Waals surface area contributed by atoms with Crippen molar-refractivity contribution in [2.75, 3.05) is 11.9 Å². The number of aromatic nitrogens is 2. The van der Waals surface area contributed by atoms with Gasteiger partial charge in [-0.1, -0.05) is 6.92 Å². The van der Waals surface area contributed by atoms with Crippen LogP contribution in [0, 0.1) is 5.92 Å². The van der Waals surface area contributed by atoms with Gasteiger partial charge in [0.25, 0.3) is 0 Å². The van der Waals surface area contributed by atoms with E-state index in [1.807, 2.05) is 36.7 Å². The van der Waals surface area contributed by atoms with Crippen molar-refractivity contribution in [1.82, 2.24) is 9.55 Å². The molecular weight excluding hydrogens is 230 g/mol. The van der Waals surface area contributed by atoms with Crippen LogP contribution < -0.4 is 5.32 Å². The van der Waals surface area contributed by atoms with Crippen molar-refractivity contribution < 1.29 is 9.90 Å². The van der Waals surface area contributed by atoms with E-state index in [1.165, 1.54) is 0 Å². The number of imidazole rings is 1. The molecule has 1 aromatic heterocycles. The number of aliphatic hydroxyl groups excluding tert-OH is 1. The van der Waals surface area contributed by atoms with Crippen molar-refractivity contribution in [3.63, 3.8) is 0 Å². The van der Waals surface area contributed by atoms with Gasteiger partial charge < -0.3 is 15.0 Å². The minimum Gasteiger partial charge on any atom is -0.396 e. The highest BCUT2D eigenvalue weighted by atomic mass is 16.3. The number of carbonyl (C=O) groups is 1. The molecule has 0 aliphatic rings. The van der Waals surface area contributed by atoms with E-state index in [0.29, 0.717) is 12.1 Å². The third-order valence-electron chi connectivity index (χ3n) is 3.08. The summed E-state index contributed by atoms with van der Waals surface area (Å²) < 4.78 is 1.92. The summed E-state index contributed by atoms with van der Waals surface area (Å²) in [6.45, 7) is 1.75. The average molecular weight is 247 g/mol. The first-order valence-corrected chi connectivity index (χ1v) is 5.98. The van der Waals surface area contributed by atoms with Crippen LogP contribution in [0.4, 0.5) is 5.69 Å². The largest absolute Gasteiger partial charge is 0.396 e. The van der Waals surface area contributed by atoms with Crippen molar-refractivity contribution in [1.29, 1.82) is 0 Å². The number of aryl methyl sites for hydroxylation is 1. The van der Waals surface area contributed by atoms with Crippen molar-refractivity contribution in [2.24, 2.45) is 13.0 Å². The monoisotopic (exact) mass is 247 g/mol. The Kier molecular flexibility index (Phi) is 3.62. The molecule has 0 saturated heterocycles. The number of nitrogens with one attached hydrogen (secondary N) is 1. The molecule has 1 aromatic carbocycles. The van der Waals surface area contributed by atoms with Crippen LogP contribution in [0.25, 0.3) is 11.0 Å². The molecule has 2 aromatic rings. The van der Waals surface area contributed by atoms with Crippen LogP contribution in [-0.4, -0.2) is 27.2 Å². The van der Waals surface area contributed by atoms with Crippen LogP contribution in [0.3, 0.4) is 0 Å². The number of nitrogens with zero attached hydrogens (tertiary/aromatic N) is 2. The van der Waals surface area contributed by atoms with Crippen LogP contribution in [-0.2, 0) is 11.8 Å². The quantitative estimate of drug-likeness (QED) is 0.861. The summed E-state index contributed by atoms with van der Waals surface area (Å²) >= 11 is 0. The molecule has 0 fully saturated rings. The Morgan fingerprint density at radius 2 is 2.33 bits per heavy atom. The molecule has 96 valence electrons. The summed E-state index contributed by atoms with van der Waals surface area (Å²) in [6.07, 6.45) is 2.35. The Hall–Kier alpha value is -1.88. The summed E-state index contributed by atoms with van der Waals surface area (Å²) in [7, 11) is 1.92. The van der Waals surface area contributed by atoms with E-state index in [1.54, 1.807) is 6.33 Å². The number of hydrogen-bond donors (Lipinski definition) is 2. The summed E-state index contributed by atoms with van der Waals surface area (Å²) in [6, 6.07) is 5.58. The van der Waals surface area contributed by atoms with Crippen molar-refractivity contribution >= 4 is 22.6 Å². The molecule has 1 amide bonds. The lowest BCUT2D eigenvalue weighted by Gasteiger charge is -2.12. The van der Waals surface area contributed by atoms with Gasteiger partial charge in [0, 0.05) is 12.7 Å². The van der Waals surface area contributed by atoms with Crippen LogP contribution in [0.15, 0.2) is 24.5 Å². The Bertz CT molecular complexity index is 558. The van der Waals surface area contributed by atoms with Crippen LogP contribution >= 0.6 is 0 Å². The van der Waals surface area contributed by atoms with Gasteiger partial charge in [-0.2, -0.15) is 0 Å². The van der Waals surface area contributed by atoms with Crippen molar-refractivity contribution in [3.05, 3.63) is 24.5 Å². The Morgan fingerprint density at radius 1 is 1.56 bits per heavy atom. The molecule has 5 heteroatoms. The lowest BCUT2D eigenvalue weighted by molar-refractivity contribution is -0.121. The van der Waals surface area contributed by atoms with Crippen LogP contribution in [0.1, 0.15) is 13.3 Å². The molecule has 18 heavy (non-hydrogen) atoms. The molecule has 0 bridgehead atoms. The van der Waals surface area contributed by atoms with Gasteiger partial charge in [-0.05, 0) is 24.6 Å². The zero-order valence-corrected chi connectivity index (χ0v) is 10.6. The predicted octanol–water partition coefficient (Wildman–Crippen LogP) is 1.53. The molecule has 2 N–H and O–H groups in total. The highest BCUT2D eigenvalue weighted by Crippen LogP contribution is 2.18. The molecule has 0 saturated carbocycles. The number of benzene rings is 1. The predicted molar refractivity (Wildman–Crippen MR) is 70.2 cm³/mol. The summed E-state index contributed by atoms with van der Waals surface area (Å²) in [4.78, 5) is 16.1. The molecule has 0 aliphatic carbocycles. The Morgan fingerprint density at radius 3 is 3.00 bits per heavy atom. The lowest BCUT2D eigenvalue weighted by atomic mass is 10.1. The van der Waals surface area contributed by atoms with E-state index in [-0.39, 0.29) is 18.4 Å². The van der Waals surface area contributed by atoms with Crippen LogP contribution in [0.2, 0.25) is 0 Å². The fourth-order valence-corrected chi connectivity index (χ4v) is 1.86. The van der Waals surface area contributed by atoms with E-state index in [9.17, 15) is 4.79 Å². The maximum atomic E-state index is 11.8. The number of rotatable bonds is 4. The normalized spacial score (nSPS) is 12.6. The van der Waals surface area contributed by atoms with Gasteiger partial charge in [0.2, 0.25) is 5.91 Å². The molecular formula is C13H17N3O2. The third-order valence-corrected chi connectivity index (χ3v) is 3.08. The highest BCUT2D eigenvalue weighted by molar-refractivity contribution is 5.94. The van der Waals surface area contributed by atoms with Gasteiger partial charge in [-0.25, -0.2) is 4.98 Å². The Labute approximate surface area is 105 Å². The molecule has 5 nitrogen and oxygen atoms in total. The third kappa shape index (κ3) is 2.36. The molecule has 1 atom stereocenters. The highest BCUT2D eigenvalue weighted by Gasteiger charge is 2.15. The van der Waals surface area contributed by atoms with Gasteiger partial charge in [0.05, 0.1) is 29.9 Å². The number of anilines is 1. The average Bonchev–Trinajstić information content (AvgIpc) is 2.72. The first-order chi connectivity index (χ1) is 8.65. The maximum Gasteiger partial charge on any atom is 0.229 e. The zero-order chi connectivity index (χ0) is 13.1. The summed E-state index contributed by atoms with van der Waals surface area (Å²) in [5.74, 6) is -0.514. The van der Waals surface area contributed by atoms with E-state index in [0.717, 1.165) is 11.0 Å². The fraction of sp³-hybridized carbons (Fsp3) is 0.385. The SMILES string of the molecule is CCC(CO)C(=O)Nc1ccc2c(c1)ncn2C. The maximum absolute atomic E-state index is 11.8. The molecule has 0 spiro atoms. The van der Waals surface area contributed by atoms with Gasteiger partial charge in [0.1, 0.15) is 0 Å². The second-order valence-electron chi connectivity index (χ2n) is 4.34. The van der Waals surface area contributed by atoms with Crippen molar-refractivity contribution in [2.45, 2.75) is 13.3 Å². The van der Waals surface area contributed by atoms with E-state index >= 15 is 0 Å². The van der Waals surface area contributed by atoms with E-state index in [2.05, 4.69) is 10.3 Å². The molecule has 0 radical (unpaired) electrons. The smallest absolute Gasteiger partial charge is 0.229 e. The molecule has 0 aliphatic heterocycles. The zero-order valence-electron chi connectivity index (χ0n) is 10.6.